The molecule has 5 rings (SSSR count). The number of oxime groups is 1. The molecule has 23 nitrogen and oxygen atoms in total. The first-order valence-electron chi connectivity index (χ1n) is 19.6. The fourth-order valence-corrected chi connectivity index (χ4v) is 6.20. The van der Waals surface area contributed by atoms with E-state index in [2.05, 4.69) is 87.8 Å². The van der Waals surface area contributed by atoms with E-state index >= 15 is 0 Å². The van der Waals surface area contributed by atoms with Gasteiger partial charge in [-0.25, -0.2) is 37.0 Å². The molecule has 0 aliphatic carbocycles. The Hall–Kier alpha value is -3.54. The van der Waals surface area contributed by atoms with Crippen LogP contribution in [0.1, 0.15) is 76.8 Å². The topological polar surface area (TPSA) is 332 Å². The zero-order chi connectivity index (χ0) is 49.7. The second-order valence-corrected chi connectivity index (χ2v) is 14.5. The summed E-state index contributed by atoms with van der Waals surface area (Å²) in [5.41, 5.74) is 2.97. The van der Waals surface area contributed by atoms with E-state index < -0.39 is 30.9 Å². The van der Waals surface area contributed by atoms with Crippen molar-refractivity contribution in [1.82, 2.24) is 41.0 Å². The summed E-state index contributed by atoms with van der Waals surface area (Å²) in [5.74, 6) is -1.36. The van der Waals surface area contributed by atoms with Crippen molar-refractivity contribution in [2.75, 3.05) is 21.4 Å². The van der Waals surface area contributed by atoms with Crippen LogP contribution in [0.5, 0.6) is 0 Å². The van der Waals surface area contributed by atoms with Crippen LogP contribution < -0.4 is 124 Å². The third kappa shape index (κ3) is 22.5. The van der Waals surface area contributed by atoms with E-state index in [1.165, 1.54) is 38.5 Å². The van der Waals surface area contributed by atoms with Gasteiger partial charge in [0.25, 0.3) is 6.47 Å². The zero-order valence-electron chi connectivity index (χ0n) is 39.0. The second kappa shape index (κ2) is 36.4. The second-order valence-electron chi connectivity index (χ2n) is 12.8. The molecule has 0 saturated heterocycles. The minimum absolute atomic E-state index is 0. The monoisotopic (exact) mass is 1140 g/mol. The number of alkyl halides is 1. The Labute approximate surface area is 489 Å². The Balaban J connectivity index is 0. The number of carbonyl (C=O) groups excluding carboxylic acids is 3. The molecule has 0 bridgehead atoms. The Bertz CT molecular complexity index is 2470. The number of unbranched alkanes of at least 4 members (excludes halogenated alkanes) is 4. The number of ether oxygens (including phenoxy) is 2. The van der Waals surface area contributed by atoms with E-state index in [9.17, 15) is 32.8 Å². The van der Waals surface area contributed by atoms with Gasteiger partial charge in [-0.1, -0.05) is 39.5 Å². The van der Waals surface area contributed by atoms with Crippen LogP contribution in [-0.2, 0) is 38.4 Å². The number of aryl methyl sites for hydroxylation is 2. The molecule has 0 fully saturated rings. The van der Waals surface area contributed by atoms with Crippen molar-refractivity contribution in [2.45, 2.75) is 70.6 Å². The summed E-state index contributed by atoms with van der Waals surface area (Å²) in [4.78, 5) is 45.5. The molecule has 3 heterocycles. The van der Waals surface area contributed by atoms with Gasteiger partial charge in [0.2, 0.25) is 5.82 Å². The molecular formula is C38H44Br2F3K2N11O12. The number of halogens is 5. The number of hydrogen-bond acceptors (Lipinski definition) is 20. The van der Waals surface area contributed by atoms with Gasteiger partial charge in [-0.2, -0.15) is 0 Å². The van der Waals surface area contributed by atoms with Gasteiger partial charge < -0.3 is 26.3 Å². The molecule has 3 aromatic heterocycles. The largest absolute Gasteiger partial charge is 1.00 e. The van der Waals surface area contributed by atoms with Crippen molar-refractivity contribution >= 4 is 67.9 Å². The molecule has 0 aliphatic heterocycles. The third-order valence-corrected chi connectivity index (χ3v) is 9.65. The fourth-order valence-electron chi connectivity index (χ4n) is 5.41. The number of rotatable bonds is 18. The van der Waals surface area contributed by atoms with E-state index in [0.29, 0.717) is 72.2 Å². The molecule has 0 aliphatic rings. The molecule has 0 unspecified atom stereocenters. The van der Waals surface area contributed by atoms with Crippen LogP contribution in [0.4, 0.5) is 22.8 Å². The van der Waals surface area contributed by atoms with E-state index in [0.717, 1.165) is 29.4 Å². The van der Waals surface area contributed by atoms with Crippen molar-refractivity contribution in [2.24, 2.45) is 5.16 Å². The van der Waals surface area contributed by atoms with Crippen molar-refractivity contribution in [3.63, 3.8) is 0 Å². The van der Waals surface area contributed by atoms with Crippen LogP contribution in [0.25, 0.3) is 17.2 Å². The Morgan fingerprint density at radius 1 is 0.882 bits per heavy atom. The first kappa shape index (κ1) is 62.5. The Morgan fingerprint density at radius 2 is 1.40 bits per heavy atom. The molecule has 0 radical (unpaired) electrons. The Morgan fingerprint density at radius 3 is 1.91 bits per heavy atom. The fraction of sp³-hybridized carbons (Fsp3) is 0.368. The van der Waals surface area contributed by atoms with E-state index in [1.807, 2.05) is 0 Å². The van der Waals surface area contributed by atoms with Gasteiger partial charge in [-0.3, -0.25) is 35.2 Å². The van der Waals surface area contributed by atoms with Crippen molar-refractivity contribution in [3.05, 3.63) is 90.2 Å². The van der Waals surface area contributed by atoms with Gasteiger partial charge >= 0.3 is 121 Å². The number of amides is 2. The van der Waals surface area contributed by atoms with Crippen LogP contribution in [0.2, 0.25) is 0 Å². The van der Waals surface area contributed by atoms with Crippen molar-refractivity contribution in [3.8, 4) is 17.2 Å². The van der Waals surface area contributed by atoms with E-state index in [4.69, 9.17) is 36.0 Å². The maximum atomic E-state index is 13.6. The van der Waals surface area contributed by atoms with E-state index in [1.54, 1.807) is 12.1 Å². The summed E-state index contributed by atoms with van der Waals surface area (Å²) in [6, 6.07) is 8.55. The number of amidine groups is 2. The summed E-state index contributed by atoms with van der Waals surface area (Å²) >= 11 is 6.22. The average molecular weight is 1140 g/mol. The molecule has 2 amide bonds. The normalized spacial score (nSPS) is 10.4. The summed E-state index contributed by atoms with van der Waals surface area (Å²) in [7, 11) is 1.47. The zero-order valence-corrected chi connectivity index (χ0v) is 46.4. The number of methoxy groups -OCH3 is 2. The smallest absolute Gasteiger partial charge is 1.00 e. The average Bonchev–Trinajstić information content (AvgIpc) is 4.08. The number of nitrogens with zero attached hydrogens (tertiary/aromatic N) is 7. The van der Waals surface area contributed by atoms with Crippen LogP contribution in [-0.4, -0.2) is 93.0 Å². The van der Waals surface area contributed by atoms with Gasteiger partial charge in [-0.05, 0) is 117 Å². The molecule has 30 heteroatoms. The number of alkyl carbamates (subject to hydrolysis) is 2. The predicted molar refractivity (Wildman–Crippen MR) is 230 cm³/mol. The molecule has 0 saturated carbocycles. The minimum Gasteiger partial charge on any atom is -1.00 e. The van der Waals surface area contributed by atoms with Gasteiger partial charge in [0.15, 0.2) is 11.4 Å². The minimum atomic E-state index is -1.00. The third-order valence-electron chi connectivity index (χ3n) is 8.44. The summed E-state index contributed by atoms with van der Waals surface area (Å²) in [5, 5.41) is 60.2. The molecular weight excluding hydrogens is 1100 g/mol. The molecule has 68 heavy (non-hydrogen) atoms. The molecule has 360 valence electrons. The van der Waals surface area contributed by atoms with Crippen LogP contribution in [0, 0.1) is 22.5 Å². The quantitative estimate of drug-likeness (QED) is 0.0114. The number of aromatic nitrogens is 6. The number of carbonyl (C=O) groups is 3. The summed E-state index contributed by atoms with van der Waals surface area (Å²) in [6.45, 7) is -0.181. The van der Waals surface area contributed by atoms with E-state index in [-0.39, 0.29) is 156 Å². The summed E-state index contributed by atoms with van der Waals surface area (Å²) in [6.07, 6.45) is 5.07. The Kier molecular flexibility index (Phi) is 33.5. The first-order chi connectivity index (χ1) is 32.2. The molecule has 0 atom stereocenters. The number of hydrogen-bond donors (Lipinski definition) is 5. The van der Waals surface area contributed by atoms with Crippen LogP contribution >= 0.6 is 31.9 Å². The van der Waals surface area contributed by atoms with Crippen LogP contribution in [0.15, 0.2) is 69.1 Å². The SMILES string of the molecule is COC(=O)NC(=N)CCCCCc1nonc1-c1noc(=O)n1-c1ccc(F)c(Br)c1.COC(=O)NC(=N)CCCCCc1nonc1/C(Cc1ccc(F)c(Br)c1)=N/O.O=CO[O-].[2H]CF.[H-].[K+].[K+]. The predicted octanol–water partition coefficient (Wildman–Crippen LogP) is 0.183. The van der Waals surface area contributed by atoms with Gasteiger partial charge in [-0.15, -0.1) is 0 Å². The maximum absolute atomic E-state index is 13.6. The van der Waals surface area contributed by atoms with Crippen molar-refractivity contribution < 1.29 is 172 Å². The van der Waals surface area contributed by atoms with Crippen LogP contribution in [0.3, 0.4) is 0 Å². The standard InChI is InChI=1S/C18H18BrFN6O5.C18H21BrFN5O4.CH3F.CH2O3.2K.H/c1-29-17(27)22-14(21)6-4-2-3-5-13-15(24-31-23-13)16-25-30-18(28)26(16)10-7-8-12(20)11(19)9-10;1-28-18(26)22-16(21)6-4-2-3-5-14-17(25-29-24-14)15(23-27)10-11-7-8-13(20)12(19)9-11;1-2;2-1-4-3;;;/h7-9H,2-6H2,1H3,(H2,21,22,27);7-9,27H,2-6,10H2,1H3,(H2,21,22,26);1H3;1,3H;;;/q;;;;2*+1;-1/p-1/b;23-15+;;;;;/i;;1D;;;;. The van der Waals surface area contributed by atoms with Gasteiger partial charge in [0, 0.05) is 19.3 Å². The summed E-state index contributed by atoms with van der Waals surface area (Å²) < 4.78 is 67.4. The van der Waals surface area contributed by atoms with Crippen molar-refractivity contribution in [1.29, 1.82) is 10.8 Å². The van der Waals surface area contributed by atoms with Gasteiger partial charge in [0.1, 0.15) is 40.4 Å². The number of benzene rings is 2. The maximum Gasteiger partial charge on any atom is 1.00 e. The molecule has 2 aromatic carbocycles. The van der Waals surface area contributed by atoms with Gasteiger partial charge in [0.05, 0.1) is 37.4 Å². The first-order valence-corrected chi connectivity index (χ1v) is 20.5. The molecule has 5 aromatic rings. The number of nitrogens with one attached hydrogen (secondary N) is 4. The molecule has 5 N–H and O–H groups in total. The molecule has 0 spiro atoms.